The van der Waals surface area contributed by atoms with Crippen LogP contribution in [0.4, 0.5) is 0 Å². The quantitative estimate of drug-likeness (QED) is 0.658. The van der Waals surface area contributed by atoms with Gasteiger partial charge in [-0.3, -0.25) is 4.79 Å². The summed E-state index contributed by atoms with van der Waals surface area (Å²) in [5, 5.41) is 3.07. The van der Waals surface area contributed by atoms with Crippen LogP contribution in [-0.4, -0.2) is 51.4 Å². The fraction of sp³-hybridized carbons (Fsp3) is 0.500. The molecule has 26 heavy (non-hydrogen) atoms. The summed E-state index contributed by atoms with van der Waals surface area (Å²) in [4.78, 5) is 14.8. The molecule has 2 N–H and O–H groups in total. The van der Waals surface area contributed by atoms with E-state index < -0.39 is 10.0 Å². The third kappa shape index (κ3) is 5.54. The van der Waals surface area contributed by atoms with E-state index in [1.165, 1.54) is 24.3 Å². The zero-order chi connectivity index (χ0) is 19.2. The molecule has 1 fully saturated rings. The van der Waals surface area contributed by atoms with Crippen molar-refractivity contribution in [3.8, 4) is 0 Å². The Labute approximate surface area is 160 Å². The van der Waals surface area contributed by atoms with Gasteiger partial charge in [0.05, 0.1) is 5.02 Å². The normalized spacial score (nSPS) is 16.4. The summed E-state index contributed by atoms with van der Waals surface area (Å²) < 4.78 is 27.0. The van der Waals surface area contributed by atoms with E-state index in [1.807, 2.05) is 0 Å². The summed E-state index contributed by atoms with van der Waals surface area (Å²) in [6.45, 7) is 8.73. The van der Waals surface area contributed by atoms with Crippen molar-refractivity contribution in [2.75, 3.05) is 26.2 Å². The smallest absolute Gasteiger partial charge is 0.251 e. The Morgan fingerprint density at radius 1 is 1.38 bits per heavy atom. The number of halogens is 1. The van der Waals surface area contributed by atoms with E-state index >= 15 is 0 Å². The summed E-state index contributed by atoms with van der Waals surface area (Å²) in [5.74, 6) is -0.282. The molecule has 1 aromatic carbocycles. The Hall–Kier alpha value is -1.41. The van der Waals surface area contributed by atoms with Gasteiger partial charge in [0.15, 0.2) is 0 Å². The number of carbonyl (C=O) groups excluding carboxylic acids is 1. The van der Waals surface area contributed by atoms with Gasteiger partial charge in [0, 0.05) is 31.2 Å². The highest BCUT2D eigenvalue weighted by Crippen LogP contribution is 2.23. The van der Waals surface area contributed by atoms with Crippen LogP contribution in [0.2, 0.25) is 5.02 Å². The lowest BCUT2D eigenvalue weighted by Crippen LogP contribution is -2.44. The lowest BCUT2D eigenvalue weighted by molar-refractivity contribution is 0.0911. The number of nitrogens with one attached hydrogen (secondary N) is 2. The van der Waals surface area contributed by atoms with Crippen LogP contribution in [0.1, 0.15) is 36.5 Å². The number of amides is 1. The van der Waals surface area contributed by atoms with Crippen LogP contribution in [0, 0.1) is 0 Å². The van der Waals surface area contributed by atoms with Gasteiger partial charge in [-0.25, -0.2) is 13.1 Å². The maximum absolute atomic E-state index is 12.5. The summed E-state index contributed by atoms with van der Waals surface area (Å²) in [7, 11) is -3.80. The van der Waals surface area contributed by atoms with E-state index in [2.05, 4.69) is 28.4 Å². The van der Waals surface area contributed by atoms with E-state index in [4.69, 9.17) is 11.6 Å². The molecule has 0 atom stereocenters. The lowest BCUT2D eigenvalue weighted by atomic mass is 10.0. The van der Waals surface area contributed by atoms with Crippen LogP contribution in [0.25, 0.3) is 0 Å². The molecule has 0 aromatic heterocycles. The van der Waals surface area contributed by atoms with Crippen LogP contribution >= 0.6 is 11.6 Å². The van der Waals surface area contributed by atoms with Crippen molar-refractivity contribution in [1.82, 2.24) is 14.9 Å². The summed E-state index contributed by atoms with van der Waals surface area (Å²) in [6, 6.07) is 4.39. The summed E-state index contributed by atoms with van der Waals surface area (Å²) in [5.41, 5.74) is 0.282. The molecule has 6 nitrogen and oxygen atoms in total. The van der Waals surface area contributed by atoms with Gasteiger partial charge in [0.2, 0.25) is 10.0 Å². The fourth-order valence-corrected chi connectivity index (χ4v) is 4.50. The summed E-state index contributed by atoms with van der Waals surface area (Å²) >= 11 is 6.02. The van der Waals surface area contributed by atoms with Gasteiger partial charge in [-0.2, -0.15) is 0 Å². The minimum atomic E-state index is -3.80. The Morgan fingerprint density at radius 3 is 2.69 bits per heavy atom. The predicted molar refractivity (Wildman–Crippen MR) is 104 cm³/mol. The third-order valence-corrected chi connectivity index (χ3v) is 6.27. The van der Waals surface area contributed by atoms with Crippen LogP contribution in [-0.2, 0) is 10.0 Å². The van der Waals surface area contributed by atoms with Crippen LogP contribution in [0.3, 0.4) is 0 Å². The number of benzene rings is 1. The molecule has 0 unspecified atom stereocenters. The number of nitrogens with zero attached hydrogens (tertiary/aromatic N) is 1. The highest BCUT2D eigenvalue weighted by molar-refractivity contribution is 7.89. The van der Waals surface area contributed by atoms with Crippen LogP contribution < -0.4 is 10.0 Å². The molecule has 2 rings (SSSR count). The zero-order valence-corrected chi connectivity index (χ0v) is 16.6. The highest BCUT2D eigenvalue weighted by Gasteiger charge is 2.23. The third-order valence-electron chi connectivity index (χ3n) is 4.36. The SMILES string of the molecule is C=CCNS(=O)(=O)c1cc(C(=O)NC2CCN(CCC)CC2)ccc1Cl. The largest absolute Gasteiger partial charge is 0.349 e. The molecule has 1 aliphatic heterocycles. The first-order valence-electron chi connectivity index (χ1n) is 8.80. The summed E-state index contributed by atoms with van der Waals surface area (Å²) in [6.07, 6.45) is 4.35. The number of hydrogen-bond acceptors (Lipinski definition) is 4. The number of sulfonamides is 1. The van der Waals surface area contributed by atoms with E-state index in [9.17, 15) is 13.2 Å². The van der Waals surface area contributed by atoms with Gasteiger partial charge < -0.3 is 10.2 Å². The maximum Gasteiger partial charge on any atom is 0.251 e. The molecule has 0 bridgehead atoms. The molecule has 8 heteroatoms. The van der Waals surface area contributed by atoms with Gasteiger partial charge in [-0.1, -0.05) is 24.6 Å². The Morgan fingerprint density at radius 2 is 2.08 bits per heavy atom. The van der Waals surface area contributed by atoms with E-state index in [0.717, 1.165) is 38.9 Å². The van der Waals surface area contributed by atoms with Gasteiger partial charge in [0.25, 0.3) is 5.91 Å². The second-order valence-corrected chi connectivity index (χ2v) is 8.52. The highest BCUT2D eigenvalue weighted by atomic mass is 35.5. The van der Waals surface area contributed by atoms with Crippen molar-refractivity contribution in [3.05, 3.63) is 41.4 Å². The van der Waals surface area contributed by atoms with E-state index in [1.54, 1.807) is 0 Å². The Bertz CT molecular complexity index is 744. The second-order valence-electron chi connectivity index (χ2n) is 6.38. The molecule has 1 saturated heterocycles. The van der Waals surface area contributed by atoms with Crippen molar-refractivity contribution < 1.29 is 13.2 Å². The van der Waals surface area contributed by atoms with E-state index in [-0.39, 0.29) is 34.0 Å². The molecule has 0 saturated carbocycles. The molecule has 1 aliphatic rings. The maximum atomic E-state index is 12.5. The standard InChI is InChI=1S/C18H26ClN3O3S/c1-3-9-20-26(24,25)17-13-14(5-6-16(17)19)18(23)21-15-7-11-22(10-4-2)12-8-15/h3,5-6,13,15,20H,1,4,7-12H2,2H3,(H,21,23). The van der Waals surface area contributed by atoms with Gasteiger partial charge >= 0.3 is 0 Å². The van der Waals surface area contributed by atoms with Crippen molar-refractivity contribution >= 4 is 27.5 Å². The predicted octanol–water partition coefficient (Wildman–Crippen LogP) is 2.41. The average Bonchev–Trinajstić information content (AvgIpc) is 2.62. The molecular formula is C18H26ClN3O3S. The van der Waals surface area contributed by atoms with Crippen molar-refractivity contribution in [2.45, 2.75) is 37.1 Å². The van der Waals surface area contributed by atoms with Gasteiger partial charge in [-0.15, -0.1) is 6.58 Å². The minimum Gasteiger partial charge on any atom is -0.349 e. The van der Waals surface area contributed by atoms with Crippen molar-refractivity contribution in [1.29, 1.82) is 0 Å². The Kier molecular flexibility index (Phi) is 7.64. The van der Waals surface area contributed by atoms with Gasteiger partial charge in [-0.05, 0) is 44.0 Å². The molecular weight excluding hydrogens is 374 g/mol. The molecule has 1 heterocycles. The van der Waals surface area contributed by atoms with Crippen molar-refractivity contribution in [3.63, 3.8) is 0 Å². The number of carbonyl (C=O) groups is 1. The van der Waals surface area contributed by atoms with Crippen LogP contribution in [0.15, 0.2) is 35.7 Å². The van der Waals surface area contributed by atoms with Gasteiger partial charge in [0.1, 0.15) is 4.90 Å². The van der Waals surface area contributed by atoms with E-state index in [0.29, 0.717) is 0 Å². The monoisotopic (exact) mass is 399 g/mol. The lowest BCUT2D eigenvalue weighted by Gasteiger charge is -2.32. The van der Waals surface area contributed by atoms with Crippen molar-refractivity contribution in [2.24, 2.45) is 0 Å². The first-order valence-corrected chi connectivity index (χ1v) is 10.7. The minimum absolute atomic E-state index is 0.0750. The molecule has 1 amide bonds. The first kappa shape index (κ1) is 20.9. The zero-order valence-electron chi connectivity index (χ0n) is 15.0. The van der Waals surface area contributed by atoms with Crippen LogP contribution in [0.5, 0.6) is 0 Å². The molecule has 144 valence electrons. The molecule has 1 aromatic rings. The molecule has 0 aliphatic carbocycles. The molecule has 0 spiro atoms. The second kappa shape index (κ2) is 9.50. The number of hydrogen-bond donors (Lipinski definition) is 2. The number of likely N-dealkylation sites (tertiary alicyclic amines) is 1. The average molecular weight is 400 g/mol. The molecule has 0 radical (unpaired) electrons. The fourth-order valence-electron chi connectivity index (χ4n) is 2.98. The number of rotatable bonds is 8. The number of piperidine rings is 1. The Balaban J connectivity index is 2.06. The topological polar surface area (TPSA) is 78.5 Å². The first-order chi connectivity index (χ1) is 12.4.